The molecule has 0 aliphatic heterocycles. The second-order valence-corrected chi connectivity index (χ2v) is 33.3. The van der Waals surface area contributed by atoms with Crippen LogP contribution in [0.15, 0.2) is 103 Å². The number of rotatable bonds is 10. The Morgan fingerprint density at radius 1 is 0.266 bits per heavy atom. The summed E-state index contributed by atoms with van der Waals surface area (Å²) in [5, 5.41) is 1.04. The third-order valence-corrected chi connectivity index (χ3v) is 17.1. The molecule has 0 atom stereocenters. The maximum atomic E-state index is 7.10. The van der Waals surface area contributed by atoms with Gasteiger partial charge in [-0.15, -0.1) is 0 Å². The minimum atomic E-state index is -1.52. The molecule has 430 valence electrons. The van der Waals surface area contributed by atoms with E-state index in [-0.39, 0.29) is 43.3 Å². The molecule has 0 aromatic heterocycles. The van der Waals surface area contributed by atoms with Crippen molar-refractivity contribution >= 4 is 22.1 Å². The second kappa shape index (κ2) is 23.7. The van der Waals surface area contributed by atoms with Crippen LogP contribution >= 0.6 is 16.8 Å². The fraction of sp³-hybridized carbons (Fsp3) is 0.507. The second-order valence-electron chi connectivity index (χ2n) is 30.6. The molecule has 6 aromatic carbocycles. The van der Waals surface area contributed by atoms with Gasteiger partial charge in [-0.3, -0.25) is 0 Å². The third-order valence-electron chi connectivity index (χ3n) is 14.8. The molecule has 6 heteroatoms. The van der Waals surface area contributed by atoms with Crippen LogP contribution in [0.2, 0.25) is 0 Å². The quantitative estimate of drug-likeness (QED) is 0.128. The first-order chi connectivity index (χ1) is 35.8. The van der Waals surface area contributed by atoms with Gasteiger partial charge in [0.25, 0.3) is 8.38 Å². The lowest BCUT2D eigenvalue weighted by Crippen LogP contribution is -2.21. The van der Waals surface area contributed by atoms with E-state index in [4.69, 9.17) is 18.1 Å². The molecule has 79 heavy (non-hydrogen) atoms. The molecular formula is C73H104O4P2. The van der Waals surface area contributed by atoms with Gasteiger partial charge in [-0.05, 0) is 163 Å². The summed E-state index contributed by atoms with van der Waals surface area (Å²) in [4.78, 5) is 0. The highest BCUT2D eigenvalue weighted by Gasteiger charge is 2.33. The van der Waals surface area contributed by atoms with Crippen molar-refractivity contribution in [2.24, 2.45) is 0 Å². The maximum absolute atomic E-state index is 7.10. The van der Waals surface area contributed by atoms with E-state index in [0.29, 0.717) is 0 Å². The molecule has 0 aliphatic rings. The topological polar surface area (TPSA) is 36.9 Å². The van der Waals surface area contributed by atoms with E-state index in [1.807, 2.05) is 0 Å². The van der Waals surface area contributed by atoms with Crippen molar-refractivity contribution in [2.45, 2.75) is 237 Å². The zero-order valence-corrected chi connectivity index (χ0v) is 56.6. The lowest BCUT2D eigenvalue weighted by atomic mass is 9.78. The zero-order valence-electron chi connectivity index (χ0n) is 54.8. The lowest BCUT2D eigenvalue weighted by Gasteiger charge is -2.32. The van der Waals surface area contributed by atoms with Crippen molar-refractivity contribution in [2.75, 3.05) is 6.66 Å². The van der Waals surface area contributed by atoms with Crippen LogP contribution in [0.25, 0.3) is 11.1 Å². The van der Waals surface area contributed by atoms with Crippen LogP contribution in [0.4, 0.5) is 0 Å². The van der Waals surface area contributed by atoms with Crippen molar-refractivity contribution in [3.63, 3.8) is 0 Å². The fourth-order valence-electron chi connectivity index (χ4n) is 10.6. The number of benzene rings is 6. The number of aryl methyl sites for hydroxylation is 4. The molecule has 0 bridgehead atoms. The largest absolute Gasteiger partial charge is 0.438 e. The Kier molecular flexibility index (Phi) is 19.6. The smallest absolute Gasteiger partial charge is 0.326 e. The minimum absolute atomic E-state index is 0.0271. The van der Waals surface area contributed by atoms with E-state index in [0.717, 1.165) is 28.3 Å². The summed E-state index contributed by atoms with van der Waals surface area (Å²) in [7, 11) is -2.68. The van der Waals surface area contributed by atoms with Crippen molar-refractivity contribution in [1.82, 2.24) is 0 Å². The summed E-state index contributed by atoms with van der Waals surface area (Å²) >= 11 is 0. The molecule has 4 nitrogen and oxygen atoms in total. The average molecular weight is 1110 g/mol. The lowest BCUT2D eigenvalue weighted by molar-refractivity contribution is 0.461. The van der Waals surface area contributed by atoms with Crippen LogP contribution < -0.4 is 23.4 Å². The van der Waals surface area contributed by atoms with E-state index in [9.17, 15) is 0 Å². The average Bonchev–Trinajstić information content (AvgIpc) is 3.32. The summed E-state index contributed by atoms with van der Waals surface area (Å²) in [6.45, 7) is 65.3. The van der Waals surface area contributed by atoms with Crippen LogP contribution in [0.3, 0.4) is 0 Å². The van der Waals surface area contributed by atoms with Gasteiger partial charge in [-0.1, -0.05) is 233 Å². The van der Waals surface area contributed by atoms with Crippen molar-refractivity contribution in [1.29, 1.82) is 0 Å². The molecule has 6 aromatic rings. The highest BCUT2D eigenvalue weighted by atomic mass is 31.2. The Labute approximate surface area is 485 Å². The Balaban J connectivity index is 0.000000303. The molecular weight excluding hydrogens is 1000 g/mol. The molecule has 0 amide bonds. The molecule has 0 saturated carbocycles. The Hall–Kier alpha value is -4.62. The third kappa shape index (κ3) is 16.8. The molecule has 0 fully saturated rings. The number of hydrogen-bond donors (Lipinski definition) is 0. The first-order valence-electron chi connectivity index (χ1n) is 28.8. The van der Waals surface area contributed by atoms with Gasteiger partial charge in [0.2, 0.25) is 0 Å². The van der Waals surface area contributed by atoms with Gasteiger partial charge in [0.1, 0.15) is 23.0 Å². The highest BCUT2D eigenvalue weighted by Crippen LogP contribution is 2.50. The minimum Gasteiger partial charge on any atom is -0.438 e. The van der Waals surface area contributed by atoms with E-state index >= 15 is 0 Å². The molecule has 0 radical (unpaired) electrons. The Morgan fingerprint density at radius 2 is 0.494 bits per heavy atom. The van der Waals surface area contributed by atoms with E-state index < -0.39 is 16.8 Å². The molecule has 0 spiro atoms. The predicted octanol–water partition coefficient (Wildman–Crippen LogP) is 22.1. The standard InChI is InChI=1S/C42H55O2P.C31H49O2P/c1-28-24-37(35(41(9,10)11)26-33(28)39(3,4)5)43-45(32-22-20-31(21-23-32)30-18-16-15-17-19-30)44-38-25-29(2)34(40(6,7)8)27-36(38)42(12,13)14;1-20-16-26(24(30(9,10)11)18-22(20)28(3,4)5)32-34(15)33-27-17-21(2)23(29(6,7)8)19-25(27)31(12,13)14/h15-27H,1-14H3;16-19H,1-15H3. The van der Waals surface area contributed by atoms with Crippen LogP contribution in [0.5, 0.6) is 23.0 Å². The first kappa shape index (κ1) is 65.2. The molecule has 0 heterocycles. The Bertz CT molecular complexity index is 2880. The van der Waals surface area contributed by atoms with Crippen LogP contribution in [0, 0.1) is 27.7 Å². The summed E-state index contributed by atoms with van der Waals surface area (Å²) in [5.74, 6) is 3.66. The van der Waals surface area contributed by atoms with Gasteiger partial charge in [0.15, 0.2) is 0 Å². The van der Waals surface area contributed by atoms with Gasteiger partial charge in [-0.25, -0.2) is 0 Å². The predicted molar refractivity (Wildman–Crippen MR) is 348 cm³/mol. The van der Waals surface area contributed by atoms with Gasteiger partial charge >= 0.3 is 8.38 Å². The fourth-order valence-corrected chi connectivity index (χ4v) is 12.8. The first-order valence-corrected chi connectivity index (χ1v) is 31.6. The Morgan fingerprint density at radius 3 is 0.734 bits per heavy atom. The molecule has 6 rings (SSSR count). The van der Waals surface area contributed by atoms with Crippen molar-refractivity contribution in [3.8, 4) is 34.1 Å². The van der Waals surface area contributed by atoms with Gasteiger partial charge in [0, 0.05) is 28.9 Å². The zero-order chi connectivity index (χ0) is 60.0. The van der Waals surface area contributed by atoms with Crippen molar-refractivity contribution < 1.29 is 18.1 Å². The molecule has 0 saturated heterocycles. The summed E-state index contributed by atoms with van der Waals surface area (Å²) in [5.41, 5.74) is 17.6. The number of hydrogen-bond acceptors (Lipinski definition) is 4. The monoisotopic (exact) mass is 1110 g/mol. The van der Waals surface area contributed by atoms with Crippen LogP contribution in [-0.2, 0) is 43.3 Å². The maximum Gasteiger partial charge on any atom is 0.326 e. The van der Waals surface area contributed by atoms with Gasteiger partial charge in [-0.2, -0.15) is 0 Å². The van der Waals surface area contributed by atoms with E-state index in [2.05, 4.69) is 304 Å². The summed E-state index contributed by atoms with van der Waals surface area (Å²) in [6.07, 6.45) is 0. The van der Waals surface area contributed by atoms with Gasteiger partial charge in [0.05, 0.1) is 5.30 Å². The summed E-state index contributed by atoms with van der Waals surface area (Å²) in [6, 6.07) is 37.5. The van der Waals surface area contributed by atoms with Gasteiger partial charge < -0.3 is 18.1 Å². The normalized spacial score (nSPS) is 13.1. The van der Waals surface area contributed by atoms with Crippen LogP contribution in [0.1, 0.15) is 233 Å². The highest BCUT2D eigenvalue weighted by molar-refractivity contribution is 7.56. The molecule has 0 unspecified atom stereocenters. The SMILES string of the molecule is Cc1cc(OP(C)Oc2cc(C)c(C(C)(C)C)cc2C(C)(C)C)c(C(C)(C)C)cc1C(C)(C)C.Cc1cc(OP(Oc2cc(C)c(C(C)(C)C)cc2C(C)(C)C)c2ccc(-c3ccccc3)cc2)c(C(C)(C)C)cc1C(C)(C)C. The van der Waals surface area contributed by atoms with E-state index in [1.54, 1.807) is 0 Å². The van der Waals surface area contributed by atoms with E-state index in [1.165, 1.54) is 77.9 Å². The molecule has 0 aliphatic carbocycles. The summed E-state index contributed by atoms with van der Waals surface area (Å²) < 4.78 is 27.4. The van der Waals surface area contributed by atoms with Crippen molar-refractivity contribution in [3.05, 3.63) is 170 Å². The van der Waals surface area contributed by atoms with Crippen LogP contribution in [-0.4, -0.2) is 6.66 Å². The molecule has 0 N–H and O–H groups in total.